The number of carboxylic acids is 1. The molecule has 1 heterocycles. The molecule has 3 aromatic rings. The third kappa shape index (κ3) is 5.64. The molecule has 3 rings (SSSR count). The lowest BCUT2D eigenvalue weighted by Crippen LogP contribution is -2.12. The molecule has 2 aromatic carbocycles. The van der Waals surface area contributed by atoms with Crippen LogP contribution in [0.15, 0.2) is 42.6 Å². The molecule has 1 unspecified atom stereocenters. The SMILES string of the molecule is CCCC(CCCC(=O)c1ccc(Cl)cc1)Cn1cc2c(OC)c(C(=O)O)ccc2n1. The molecule has 0 aliphatic carbocycles. The first kappa shape index (κ1) is 22.8. The first-order chi connectivity index (χ1) is 14.9. The molecule has 164 valence electrons. The summed E-state index contributed by atoms with van der Waals surface area (Å²) < 4.78 is 7.21. The number of halogens is 1. The van der Waals surface area contributed by atoms with Crippen LogP contribution in [0.1, 0.15) is 59.7 Å². The third-order valence-electron chi connectivity index (χ3n) is 5.45. The summed E-state index contributed by atoms with van der Waals surface area (Å²) in [6, 6.07) is 10.2. The smallest absolute Gasteiger partial charge is 0.339 e. The Kier molecular flexibility index (Phi) is 7.69. The Bertz CT molecular complexity index is 1060. The summed E-state index contributed by atoms with van der Waals surface area (Å²) in [6.45, 7) is 2.86. The van der Waals surface area contributed by atoms with E-state index >= 15 is 0 Å². The van der Waals surface area contributed by atoms with E-state index < -0.39 is 5.97 Å². The second kappa shape index (κ2) is 10.4. The summed E-state index contributed by atoms with van der Waals surface area (Å²) in [5.41, 5.74) is 1.52. The third-order valence-corrected chi connectivity index (χ3v) is 5.70. The number of rotatable bonds is 11. The van der Waals surface area contributed by atoms with Gasteiger partial charge in [0.05, 0.1) is 18.0 Å². The number of carbonyl (C=O) groups excluding carboxylic acids is 1. The number of hydrogen-bond acceptors (Lipinski definition) is 4. The summed E-state index contributed by atoms with van der Waals surface area (Å²) in [6.07, 6.45) is 6.15. The molecule has 1 atom stereocenters. The van der Waals surface area contributed by atoms with Crippen molar-refractivity contribution in [2.75, 3.05) is 7.11 Å². The molecule has 0 fully saturated rings. The summed E-state index contributed by atoms with van der Waals surface area (Å²) in [4.78, 5) is 23.9. The summed E-state index contributed by atoms with van der Waals surface area (Å²) in [7, 11) is 1.47. The van der Waals surface area contributed by atoms with Gasteiger partial charge in [-0.05, 0) is 61.6 Å². The minimum Gasteiger partial charge on any atom is -0.495 e. The molecule has 0 saturated heterocycles. The van der Waals surface area contributed by atoms with Crippen LogP contribution < -0.4 is 4.74 Å². The molecular formula is C24H27ClN2O4. The fourth-order valence-electron chi connectivity index (χ4n) is 3.93. The molecule has 0 spiro atoms. The maximum atomic E-state index is 12.4. The lowest BCUT2D eigenvalue weighted by molar-refractivity contribution is 0.0693. The van der Waals surface area contributed by atoms with Crippen LogP contribution in [0.3, 0.4) is 0 Å². The van der Waals surface area contributed by atoms with Crippen LogP contribution in [0, 0.1) is 5.92 Å². The topological polar surface area (TPSA) is 81.4 Å². The van der Waals surface area contributed by atoms with Crippen molar-refractivity contribution in [1.82, 2.24) is 9.78 Å². The van der Waals surface area contributed by atoms with Crippen LogP contribution in [0.25, 0.3) is 10.9 Å². The average Bonchev–Trinajstić information content (AvgIpc) is 3.15. The van der Waals surface area contributed by atoms with Crippen molar-refractivity contribution < 1.29 is 19.4 Å². The number of hydrogen-bond donors (Lipinski definition) is 1. The van der Waals surface area contributed by atoms with Crippen molar-refractivity contribution in [2.45, 2.75) is 45.6 Å². The summed E-state index contributed by atoms with van der Waals surface area (Å²) in [5, 5.41) is 15.3. The van der Waals surface area contributed by atoms with Gasteiger partial charge >= 0.3 is 5.97 Å². The molecule has 1 N–H and O–H groups in total. The molecule has 0 aliphatic rings. The molecule has 1 aromatic heterocycles. The standard InChI is InChI=1S/C24H27ClN2O4/c1-3-5-16(6-4-7-22(28)17-8-10-18(25)11-9-17)14-27-15-20-21(26-27)13-12-19(24(29)30)23(20)31-2/h8-13,15-16H,3-7,14H2,1-2H3,(H,29,30). The van der Waals surface area contributed by atoms with E-state index in [-0.39, 0.29) is 11.3 Å². The van der Waals surface area contributed by atoms with Crippen LogP contribution in [0.2, 0.25) is 5.02 Å². The summed E-state index contributed by atoms with van der Waals surface area (Å²) >= 11 is 5.89. The van der Waals surface area contributed by atoms with Gasteiger partial charge in [-0.15, -0.1) is 0 Å². The fourth-order valence-corrected chi connectivity index (χ4v) is 4.06. The first-order valence-electron chi connectivity index (χ1n) is 10.5. The van der Waals surface area contributed by atoms with Gasteiger partial charge < -0.3 is 9.84 Å². The molecule has 0 amide bonds. The molecule has 0 radical (unpaired) electrons. The van der Waals surface area contributed by atoms with E-state index in [4.69, 9.17) is 16.3 Å². The van der Waals surface area contributed by atoms with Crippen LogP contribution in [-0.4, -0.2) is 33.7 Å². The highest BCUT2D eigenvalue weighted by Gasteiger charge is 2.18. The number of nitrogens with zero attached hydrogens (tertiary/aromatic N) is 2. The quantitative estimate of drug-likeness (QED) is 0.376. The van der Waals surface area contributed by atoms with E-state index in [9.17, 15) is 14.7 Å². The van der Waals surface area contributed by atoms with Crippen LogP contribution in [0.4, 0.5) is 0 Å². The summed E-state index contributed by atoms with van der Waals surface area (Å²) in [5.74, 6) is -0.192. The zero-order valence-electron chi connectivity index (χ0n) is 17.8. The van der Waals surface area contributed by atoms with Crippen molar-refractivity contribution >= 4 is 34.3 Å². The number of carbonyl (C=O) groups is 2. The minimum atomic E-state index is -1.03. The Labute approximate surface area is 186 Å². The van der Waals surface area contributed by atoms with Gasteiger partial charge in [0.15, 0.2) is 5.78 Å². The zero-order chi connectivity index (χ0) is 22.4. The van der Waals surface area contributed by atoms with Crippen LogP contribution in [-0.2, 0) is 6.54 Å². The number of Topliss-reactive ketones (excluding diaryl/α,β-unsaturated/α-hetero) is 1. The minimum absolute atomic E-state index is 0.125. The highest BCUT2D eigenvalue weighted by Crippen LogP contribution is 2.30. The van der Waals surface area contributed by atoms with E-state index in [0.29, 0.717) is 46.1 Å². The largest absolute Gasteiger partial charge is 0.495 e. The number of ketones is 1. The van der Waals surface area contributed by atoms with Crippen molar-refractivity contribution in [1.29, 1.82) is 0 Å². The Morgan fingerprint density at radius 3 is 2.55 bits per heavy atom. The van der Waals surface area contributed by atoms with Gasteiger partial charge in [-0.2, -0.15) is 5.10 Å². The normalized spacial score (nSPS) is 12.1. The Hall–Kier alpha value is -2.86. The zero-order valence-corrected chi connectivity index (χ0v) is 18.6. The second-order valence-electron chi connectivity index (χ2n) is 7.71. The van der Waals surface area contributed by atoms with Gasteiger partial charge in [0.25, 0.3) is 0 Å². The Morgan fingerprint density at radius 1 is 1.16 bits per heavy atom. The molecule has 0 aliphatic heterocycles. The molecular weight excluding hydrogens is 416 g/mol. The van der Waals surface area contributed by atoms with E-state index in [2.05, 4.69) is 12.0 Å². The monoisotopic (exact) mass is 442 g/mol. The van der Waals surface area contributed by atoms with E-state index in [1.165, 1.54) is 13.2 Å². The molecule has 31 heavy (non-hydrogen) atoms. The van der Waals surface area contributed by atoms with Crippen LogP contribution >= 0.6 is 11.6 Å². The highest BCUT2D eigenvalue weighted by atomic mass is 35.5. The maximum absolute atomic E-state index is 12.4. The van der Waals surface area contributed by atoms with Crippen molar-refractivity contribution in [3.05, 3.63) is 58.7 Å². The van der Waals surface area contributed by atoms with Gasteiger partial charge in [0.1, 0.15) is 11.3 Å². The lowest BCUT2D eigenvalue weighted by Gasteiger charge is -2.16. The number of methoxy groups -OCH3 is 1. The number of benzene rings is 2. The van der Waals surface area contributed by atoms with Gasteiger partial charge in [0, 0.05) is 29.7 Å². The van der Waals surface area contributed by atoms with E-state index in [1.807, 2.05) is 10.9 Å². The van der Waals surface area contributed by atoms with Crippen LogP contribution in [0.5, 0.6) is 5.75 Å². The predicted octanol–water partition coefficient (Wildman–Crippen LogP) is 5.87. The van der Waals surface area contributed by atoms with Gasteiger partial charge in [-0.1, -0.05) is 24.9 Å². The fraction of sp³-hybridized carbons (Fsp3) is 0.375. The van der Waals surface area contributed by atoms with E-state index in [0.717, 1.165) is 25.7 Å². The number of aromatic carboxylic acids is 1. The molecule has 0 bridgehead atoms. The van der Waals surface area contributed by atoms with Gasteiger partial charge in [-0.25, -0.2) is 4.79 Å². The first-order valence-corrected chi connectivity index (χ1v) is 10.9. The number of aromatic nitrogens is 2. The molecule has 7 heteroatoms. The second-order valence-corrected chi connectivity index (χ2v) is 8.15. The maximum Gasteiger partial charge on any atom is 0.339 e. The van der Waals surface area contributed by atoms with Gasteiger partial charge in [-0.3, -0.25) is 9.48 Å². The highest BCUT2D eigenvalue weighted by molar-refractivity contribution is 6.30. The number of carboxylic acid groups (broad SMARTS) is 1. The van der Waals surface area contributed by atoms with Crippen molar-refractivity contribution in [2.24, 2.45) is 5.92 Å². The van der Waals surface area contributed by atoms with Gasteiger partial charge in [0.2, 0.25) is 0 Å². The average molecular weight is 443 g/mol. The van der Waals surface area contributed by atoms with Crippen molar-refractivity contribution in [3.8, 4) is 5.75 Å². The number of fused-ring (bicyclic) bond motifs is 1. The Morgan fingerprint density at radius 2 is 1.90 bits per heavy atom. The molecule has 0 saturated carbocycles. The Balaban J connectivity index is 1.66. The molecule has 6 nitrogen and oxygen atoms in total. The lowest BCUT2D eigenvalue weighted by atomic mass is 9.95. The van der Waals surface area contributed by atoms with Crippen molar-refractivity contribution in [3.63, 3.8) is 0 Å². The predicted molar refractivity (Wildman–Crippen MR) is 121 cm³/mol. The number of ether oxygens (including phenoxy) is 1. The van der Waals surface area contributed by atoms with E-state index in [1.54, 1.807) is 30.3 Å².